The van der Waals surface area contributed by atoms with E-state index in [1.165, 1.54) is 12.8 Å². The third-order valence-corrected chi connectivity index (χ3v) is 3.02. The van der Waals surface area contributed by atoms with Crippen molar-refractivity contribution in [3.63, 3.8) is 0 Å². The third kappa shape index (κ3) is 3.66. The maximum atomic E-state index is 11.5. The van der Waals surface area contributed by atoms with Gasteiger partial charge < -0.3 is 10.6 Å². The molecule has 3 nitrogen and oxygen atoms in total. The molecule has 82 valence electrons. The Morgan fingerprint density at radius 2 is 2.43 bits per heavy atom. The topological polar surface area (TPSA) is 41.1 Å². The summed E-state index contributed by atoms with van der Waals surface area (Å²) in [5.74, 6) is 1.00. The standard InChI is InChI=1S/C11H22N2O/c1-3-9(2)11(14)13-8-10-5-4-6-12-7-10/h9-10,12H,3-8H2,1-2H3,(H,13,14). The van der Waals surface area contributed by atoms with Crippen LogP contribution in [0.3, 0.4) is 0 Å². The van der Waals surface area contributed by atoms with E-state index in [4.69, 9.17) is 0 Å². The van der Waals surface area contributed by atoms with Crippen molar-refractivity contribution in [3.05, 3.63) is 0 Å². The largest absolute Gasteiger partial charge is 0.356 e. The second-order valence-corrected chi connectivity index (χ2v) is 4.27. The van der Waals surface area contributed by atoms with Crippen molar-refractivity contribution in [2.24, 2.45) is 11.8 Å². The average molecular weight is 198 g/mol. The first-order valence-electron chi connectivity index (χ1n) is 5.72. The lowest BCUT2D eigenvalue weighted by atomic mass is 9.99. The lowest BCUT2D eigenvalue weighted by molar-refractivity contribution is -0.124. The SMILES string of the molecule is CCC(C)C(=O)NCC1CCCNC1. The molecule has 0 aromatic carbocycles. The van der Waals surface area contributed by atoms with E-state index in [0.29, 0.717) is 5.92 Å². The molecule has 0 aliphatic carbocycles. The first-order chi connectivity index (χ1) is 6.74. The first kappa shape index (κ1) is 11.5. The number of hydrogen-bond donors (Lipinski definition) is 2. The Kier molecular flexibility index (Phi) is 4.94. The Morgan fingerprint density at radius 3 is 3.00 bits per heavy atom. The maximum absolute atomic E-state index is 11.5. The highest BCUT2D eigenvalue weighted by atomic mass is 16.1. The highest BCUT2D eigenvalue weighted by Gasteiger charge is 2.15. The van der Waals surface area contributed by atoms with Crippen LogP contribution in [0.25, 0.3) is 0 Å². The molecule has 1 amide bonds. The molecule has 0 aromatic rings. The molecule has 2 atom stereocenters. The van der Waals surface area contributed by atoms with Gasteiger partial charge in [-0.15, -0.1) is 0 Å². The van der Waals surface area contributed by atoms with E-state index in [2.05, 4.69) is 10.6 Å². The summed E-state index contributed by atoms with van der Waals surface area (Å²) >= 11 is 0. The van der Waals surface area contributed by atoms with Gasteiger partial charge in [0.05, 0.1) is 0 Å². The minimum Gasteiger partial charge on any atom is -0.356 e. The van der Waals surface area contributed by atoms with Gasteiger partial charge in [0.1, 0.15) is 0 Å². The minimum absolute atomic E-state index is 0.159. The van der Waals surface area contributed by atoms with Crippen molar-refractivity contribution >= 4 is 5.91 Å². The summed E-state index contributed by atoms with van der Waals surface area (Å²) in [4.78, 5) is 11.5. The number of nitrogens with one attached hydrogen (secondary N) is 2. The third-order valence-electron chi connectivity index (χ3n) is 3.02. The summed E-state index contributed by atoms with van der Waals surface area (Å²) in [6, 6.07) is 0. The number of carbonyl (C=O) groups is 1. The van der Waals surface area contributed by atoms with Gasteiger partial charge in [0, 0.05) is 12.5 Å². The van der Waals surface area contributed by atoms with Crippen LogP contribution in [0, 0.1) is 11.8 Å². The molecule has 1 saturated heterocycles. The Hall–Kier alpha value is -0.570. The Labute approximate surface area is 86.6 Å². The van der Waals surface area contributed by atoms with Crippen LogP contribution >= 0.6 is 0 Å². The van der Waals surface area contributed by atoms with E-state index in [0.717, 1.165) is 26.1 Å². The van der Waals surface area contributed by atoms with Crippen LogP contribution in [0.5, 0.6) is 0 Å². The smallest absolute Gasteiger partial charge is 0.222 e. The zero-order valence-electron chi connectivity index (χ0n) is 9.31. The summed E-state index contributed by atoms with van der Waals surface area (Å²) in [5.41, 5.74) is 0. The van der Waals surface area contributed by atoms with Gasteiger partial charge in [-0.1, -0.05) is 13.8 Å². The fraction of sp³-hybridized carbons (Fsp3) is 0.909. The molecule has 1 fully saturated rings. The van der Waals surface area contributed by atoms with Crippen molar-refractivity contribution in [1.29, 1.82) is 0 Å². The van der Waals surface area contributed by atoms with Crippen LogP contribution in [0.2, 0.25) is 0 Å². The van der Waals surface area contributed by atoms with Gasteiger partial charge in [-0.05, 0) is 38.3 Å². The predicted octanol–water partition coefficient (Wildman–Crippen LogP) is 1.15. The van der Waals surface area contributed by atoms with Gasteiger partial charge >= 0.3 is 0 Å². The molecular weight excluding hydrogens is 176 g/mol. The van der Waals surface area contributed by atoms with Crippen molar-refractivity contribution in [1.82, 2.24) is 10.6 Å². The molecule has 0 bridgehead atoms. The van der Waals surface area contributed by atoms with Gasteiger partial charge in [-0.3, -0.25) is 4.79 Å². The van der Waals surface area contributed by atoms with Crippen LogP contribution in [0.1, 0.15) is 33.1 Å². The van der Waals surface area contributed by atoms with Crippen molar-refractivity contribution in [2.75, 3.05) is 19.6 Å². The summed E-state index contributed by atoms with van der Waals surface area (Å²) in [6.07, 6.45) is 3.41. The quantitative estimate of drug-likeness (QED) is 0.711. The molecule has 1 rings (SSSR count). The van der Waals surface area contributed by atoms with E-state index in [9.17, 15) is 4.79 Å². The number of carbonyl (C=O) groups excluding carboxylic acids is 1. The highest BCUT2D eigenvalue weighted by molar-refractivity contribution is 5.78. The van der Waals surface area contributed by atoms with Crippen molar-refractivity contribution < 1.29 is 4.79 Å². The van der Waals surface area contributed by atoms with Crippen LogP contribution in [0.15, 0.2) is 0 Å². The van der Waals surface area contributed by atoms with E-state index < -0.39 is 0 Å². The minimum atomic E-state index is 0.159. The van der Waals surface area contributed by atoms with Gasteiger partial charge in [0.2, 0.25) is 5.91 Å². The van der Waals surface area contributed by atoms with E-state index in [-0.39, 0.29) is 11.8 Å². The number of hydrogen-bond acceptors (Lipinski definition) is 2. The highest BCUT2D eigenvalue weighted by Crippen LogP contribution is 2.09. The zero-order chi connectivity index (χ0) is 10.4. The Morgan fingerprint density at radius 1 is 1.64 bits per heavy atom. The van der Waals surface area contributed by atoms with Gasteiger partial charge in [-0.2, -0.15) is 0 Å². The fourth-order valence-corrected chi connectivity index (χ4v) is 1.70. The number of amides is 1. The lowest BCUT2D eigenvalue weighted by Gasteiger charge is -2.23. The molecule has 1 aliphatic rings. The van der Waals surface area contributed by atoms with Crippen LogP contribution < -0.4 is 10.6 Å². The number of piperidine rings is 1. The van der Waals surface area contributed by atoms with E-state index in [1.54, 1.807) is 0 Å². The molecule has 0 aromatic heterocycles. The summed E-state index contributed by atoms with van der Waals surface area (Å²) in [6.45, 7) is 7.06. The first-order valence-corrected chi connectivity index (χ1v) is 5.72. The van der Waals surface area contributed by atoms with Crippen molar-refractivity contribution in [3.8, 4) is 0 Å². The van der Waals surface area contributed by atoms with Gasteiger partial charge in [-0.25, -0.2) is 0 Å². The molecule has 0 radical (unpaired) electrons. The molecular formula is C11H22N2O. The van der Waals surface area contributed by atoms with E-state index in [1.807, 2.05) is 13.8 Å². The Bertz CT molecular complexity index is 176. The maximum Gasteiger partial charge on any atom is 0.222 e. The molecule has 0 saturated carbocycles. The predicted molar refractivity (Wildman–Crippen MR) is 58.1 cm³/mol. The molecule has 14 heavy (non-hydrogen) atoms. The lowest BCUT2D eigenvalue weighted by Crippen LogP contribution is -2.39. The summed E-state index contributed by atoms with van der Waals surface area (Å²) < 4.78 is 0. The molecule has 1 heterocycles. The van der Waals surface area contributed by atoms with Crippen LogP contribution in [0.4, 0.5) is 0 Å². The molecule has 2 N–H and O–H groups in total. The second kappa shape index (κ2) is 6.02. The summed E-state index contributed by atoms with van der Waals surface area (Å²) in [5, 5.41) is 6.37. The van der Waals surface area contributed by atoms with Crippen LogP contribution in [-0.4, -0.2) is 25.5 Å². The van der Waals surface area contributed by atoms with Gasteiger partial charge in [0.25, 0.3) is 0 Å². The summed E-state index contributed by atoms with van der Waals surface area (Å²) in [7, 11) is 0. The average Bonchev–Trinajstić information content (AvgIpc) is 2.26. The Balaban J connectivity index is 2.15. The molecule has 2 unspecified atom stereocenters. The monoisotopic (exact) mass is 198 g/mol. The molecule has 1 aliphatic heterocycles. The van der Waals surface area contributed by atoms with Gasteiger partial charge in [0.15, 0.2) is 0 Å². The van der Waals surface area contributed by atoms with Crippen LogP contribution in [-0.2, 0) is 4.79 Å². The van der Waals surface area contributed by atoms with E-state index >= 15 is 0 Å². The second-order valence-electron chi connectivity index (χ2n) is 4.27. The van der Waals surface area contributed by atoms with Crippen molar-refractivity contribution in [2.45, 2.75) is 33.1 Å². The molecule has 0 spiro atoms. The fourth-order valence-electron chi connectivity index (χ4n) is 1.70. The normalized spacial score (nSPS) is 24.3. The molecule has 3 heteroatoms. The number of rotatable bonds is 4. The zero-order valence-corrected chi connectivity index (χ0v) is 9.31.